The van der Waals surface area contributed by atoms with Crippen LogP contribution in [0.3, 0.4) is 0 Å². The van der Waals surface area contributed by atoms with Gasteiger partial charge in [0.15, 0.2) is 0 Å². The summed E-state index contributed by atoms with van der Waals surface area (Å²) >= 11 is 0. The van der Waals surface area contributed by atoms with E-state index in [0.717, 1.165) is 38.6 Å². The van der Waals surface area contributed by atoms with E-state index in [1.807, 2.05) is 13.8 Å². The fourth-order valence-electron chi connectivity index (χ4n) is 3.42. The highest BCUT2D eigenvalue weighted by atomic mass is 16.5. The molecule has 0 spiro atoms. The Balaban J connectivity index is 1.89. The molecule has 2 rings (SSSR count). The molecule has 1 heterocycles. The van der Waals surface area contributed by atoms with E-state index in [-0.39, 0.29) is 18.2 Å². The van der Waals surface area contributed by atoms with Gasteiger partial charge in [-0.15, -0.1) is 0 Å². The Kier molecular flexibility index (Phi) is 4.62. The summed E-state index contributed by atoms with van der Waals surface area (Å²) in [7, 11) is 0. The molecule has 4 nitrogen and oxygen atoms in total. The monoisotopic (exact) mass is 255 g/mol. The predicted octanol–water partition coefficient (Wildman–Crippen LogP) is 1.56. The minimum absolute atomic E-state index is 0.0457. The number of aliphatic hydroxyl groups excluding tert-OH is 1. The number of esters is 1. The fourth-order valence-corrected chi connectivity index (χ4v) is 3.42. The van der Waals surface area contributed by atoms with Crippen LogP contribution in [0, 0.1) is 5.92 Å². The Morgan fingerprint density at radius 1 is 1.33 bits per heavy atom. The zero-order valence-corrected chi connectivity index (χ0v) is 11.5. The summed E-state index contributed by atoms with van der Waals surface area (Å²) in [6, 6.07) is 0.377. The first-order valence-corrected chi connectivity index (χ1v) is 7.19. The Morgan fingerprint density at radius 2 is 2.11 bits per heavy atom. The smallest absolute Gasteiger partial charge is 0.320 e. The Bertz CT molecular complexity index is 293. The fraction of sp³-hybridized carbons (Fsp3) is 0.929. The molecule has 18 heavy (non-hydrogen) atoms. The molecular formula is C14H25NO3. The molecule has 0 aromatic rings. The van der Waals surface area contributed by atoms with Gasteiger partial charge in [0.1, 0.15) is 0 Å². The first kappa shape index (κ1) is 13.8. The minimum atomic E-state index is -0.170. The van der Waals surface area contributed by atoms with Crippen LogP contribution < -0.4 is 0 Å². The van der Waals surface area contributed by atoms with E-state index in [9.17, 15) is 9.90 Å². The molecule has 104 valence electrons. The van der Waals surface area contributed by atoms with Gasteiger partial charge >= 0.3 is 5.97 Å². The highest BCUT2D eigenvalue weighted by Crippen LogP contribution is 2.35. The average molecular weight is 255 g/mol. The van der Waals surface area contributed by atoms with Crippen molar-refractivity contribution in [2.45, 2.75) is 64.2 Å². The number of carbonyl (C=O) groups excluding carboxylic acids is 1. The summed E-state index contributed by atoms with van der Waals surface area (Å²) in [5.41, 5.74) is 0. The number of hydrogen-bond donors (Lipinski definition) is 1. The van der Waals surface area contributed by atoms with Gasteiger partial charge in [0, 0.05) is 12.0 Å². The van der Waals surface area contributed by atoms with Gasteiger partial charge in [0.05, 0.1) is 18.8 Å². The van der Waals surface area contributed by atoms with Crippen molar-refractivity contribution in [1.29, 1.82) is 0 Å². The van der Waals surface area contributed by atoms with Crippen LogP contribution in [-0.4, -0.2) is 47.3 Å². The van der Waals surface area contributed by atoms with Gasteiger partial charge < -0.3 is 9.84 Å². The molecular weight excluding hydrogens is 230 g/mol. The van der Waals surface area contributed by atoms with Gasteiger partial charge in [-0.2, -0.15) is 0 Å². The summed E-state index contributed by atoms with van der Waals surface area (Å²) in [5, 5.41) is 10.0. The maximum absolute atomic E-state index is 11.7. The molecule has 1 aliphatic heterocycles. The molecule has 0 amide bonds. The van der Waals surface area contributed by atoms with Crippen molar-refractivity contribution in [2.24, 2.45) is 5.92 Å². The summed E-state index contributed by atoms with van der Waals surface area (Å²) in [5.74, 6) is 0.226. The lowest BCUT2D eigenvalue weighted by Gasteiger charge is -2.30. The first-order valence-electron chi connectivity index (χ1n) is 7.19. The third-order valence-corrected chi connectivity index (χ3v) is 4.14. The normalized spacial score (nSPS) is 33.2. The van der Waals surface area contributed by atoms with Crippen LogP contribution in [0.25, 0.3) is 0 Å². The van der Waals surface area contributed by atoms with E-state index in [2.05, 4.69) is 4.90 Å². The molecule has 2 aliphatic rings. The highest BCUT2D eigenvalue weighted by Gasteiger charge is 2.38. The Morgan fingerprint density at radius 3 is 2.72 bits per heavy atom. The lowest BCUT2D eigenvalue weighted by molar-refractivity contribution is -0.149. The summed E-state index contributed by atoms with van der Waals surface area (Å²) in [4.78, 5) is 13.9. The third kappa shape index (κ3) is 3.23. The van der Waals surface area contributed by atoms with Crippen molar-refractivity contribution in [1.82, 2.24) is 4.90 Å². The lowest BCUT2D eigenvalue weighted by atomic mass is 9.94. The van der Waals surface area contributed by atoms with E-state index in [1.54, 1.807) is 0 Å². The van der Waals surface area contributed by atoms with Crippen LogP contribution in [0.15, 0.2) is 0 Å². The van der Waals surface area contributed by atoms with Crippen molar-refractivity contribution in [3.8, 4) is 0 Å². The van der Waals surface area contributed by atoms with Crippen LogP contribution in [0.2, 0.25) is 0 Å². The number of hydrogen-bond acceptors (Lipinski definition) is 4. The van der Waals surface area contributed by atoms with E-state index in [4.69, 9.17) is 4.74 Å². The van der Waals surface area contributed by atoms with E-state index in [1.165, 1.54) is 0 Å². The number of carbonyl (C=O) groups is 1. The van der Waals surface area contributed by atoms with E-state index < -0.39 is 0 Å². The molecule has 3 atom stereocenters. The van der Waals surface area contributed by atoms with Gasteiger partial charge in [-0.3, -0.25) is 9.69 Å². The van der Waals surface area contributed by atoms with Crippen molar-refractivity contribution < 1.29 is 14.6 Å². The Hall–Kier alpha value is -0.610. The second-order valence-corrected chi connectivity index (χ2v) is 5.88. The summed E-state index contributed by atoms with van der Waals surface area (Å²) in [6.07, 6.45) is 5.16. The number of aliphatic hydroxyl groups is 1. The molecule has 1 saturated heterocycles. The quantitative estimate of drug-likeness (QED) is 0.775. The maximum atomic E-state index is 11.7. The molecule has 3 unspecified atom stereocenters. The van der Waals surface area contributed by atoms with Crippen molar-refractivity contribution in [3.63, 3.8) is 0 Å². The van der Waals surface area contributed by atoms with Gasteiger partial charge in [0.25, 0.3) is 0 Å². The van der Waals surface area contributed by atoms with Gasteiger partial charge in [-0.05, 0) is 46.1 Å². The molecule has 0 aromatic carbocycles. The molecule has 1 aliphatic carbocycles. The number of rotatable bonds is 4. The van der Waals surface area contributed by atoms with Crippen LogP contribution in [0.4, 0.5) is 0 Å². The maximum Gasteiger partial charge on any atom is 0.320 e. The molecule has 0 radical (unpaired) electrons. The van der Waals surface area contributed by atoms with Crippen LogP contribution in [0.5, 0.6) is 0 Å². The second-order valence-electron chi connectivity index (χ2n) is 5.88. The van der Waals surface area contributed by atoms with Crippen LogP contribution >= 0.6 is 0 Å². The topological polar surface area (TPSA) is 49.8 Å². The lowest BCUT2D eigenvalue weighted by Crippen LogP contribution is -2.42. The summed E-state index contributed by atoms with van der Waals surface area (Å²) in [6.45, 7) is 5.09. The molecule has 2 fully saturated rings. The summed E-state index contributed by atoms with van der Waals surface area (Å²) < 4.78 is 5.21. The average Bonchev–Trinajstić information content (AvgIpc) is 2.85. The zero-order chi connectivity index (χ0) is 13.1. The zero-order valence-electron chi connectivity index (χ0n) is 11.5. The number of nitrogens with zero attached hydrogens (tertiary/aromatic N) is 1. The number of likely N-dealkylation sites (tertiary alicyclic amines) is 1. The van der Waals surface area contributed by atoms with Gasteiger partial charge in [-0.25, -0.2) is 0 Å². The van der Waals surface area contributed by atoms with Crippen molar-refractivity contribution >= 4 is 5.97 Å². The van der Waals surface area contributed by atoms with Gasteiger partial charge in [0.2, 0.25) is 0 Å². The number of ether oxygens (including phenoxy) is 1. The molecule has 1 saturated carbocycles. The van der Waals surface area contributed by atoms with Gasteiger partial charge in [-0.1, -0.05) is 6.42 Å². The SMILES string of the molecule is CC(C)OC(=O)CN1CCCC1C1CCCC1O. The predicted molar refractivity (Wildman–Crippen MR) is 69.2 cm³/mol. The first-order chi connectivity index (χ1) is 8.58. The molecule has 1 N–H and O–H groups in total. The second kappa shape index (κ2) is 6.02. The highest BCUT2D eigenvalue weighted by molar-refractivity contribution is 5.71. The molecule has 0 bridgehead atoms. The van der Waals surface area contributed by atoms with E-state index >= 15 is 0 Å². The standard InChI is InChI=1S/C14H25NO3/c1-10(2)18-14(17)9-15-8-4-6-12(15)11-5-3-7-13(11)16/h10-13,16H,3-9H2,1-2H3. The van der Waals surface area contributed by atoms with Crippen molar-refractivity contribution in [2.75, 3.05) is 13.1 Å². The molecule has 0 aromatic heterocycles. The third-order valence-electron chi connectivity index (χ3n) is 4.14. The van der Waals surface area contributed by atoms with Crippen LogP contribution in [0.1, 0.15) is 46.0 Å². The minimum Gasteiger partial charge on any atom is -0.462 e. The Labute approximate surface area is 109 Å². The molecule has 4 heteroatoms. The van der Waals surface area contributed by atoms with Crippen LogP contribution in [-0.2, 0) is 9.53 Å². The van der Waals surface area contributed by atoms with Crippen molar-refractivity contribution in [3.05, 3.63) is 0 Å². The van der Waals surface area contributed by atoms with E-state index in [0.29, 0.717) is 18.5 Å². The largest absolute Gasteiger partial charge is 0.462 e.